The van der Waals surface area contributed by atoms with E-state index in [0.29, 0.717) is 0 Å². The van der Waals surface area contributed by atoms with Crippen LogP contribution in [0.5, 0.6) is 0 Å². The Balaban J connectivity index is 2.96. The van der Waals surface area contributed by atoms with E-state index in [4.69, 9.17) is 11.5 Å². The molecule has 0 aromatic heterocycles. The van der Waals surface area contributed by atoms with E-state index in [-0.39, 0.29) is 5.96 Å². The molecule has 0 aromatic rings. The Morgan fingerprint density at radius 1 is 1.07 bits per heavy atom. The van der Waals surface area contributed by atoms with Crippen molar-refractivity contribution in [3.8, 4) is 0 Å². The molecule has 5 N–H and O–H groups in total. The zero-order valence-electron chi connectivity index (χ0n) is 9.26. The molecule has 4 nitrogen and oxygen atoms in total. The van der Waals surface area contributed by atoms with Crippen LogP contribution < -0.4 is 16.8 Å². The summed E-state index contributed by atoms with van der Waals surface area (Å²) in [7, 11) is 0. The number of hydrogen-bond donors (Lipinski definition) is 3. The maximum absolute atomic E-state index is 5.20. The number of unbranched alkanes of at least 4 members (excludes halogenated alkanes) is 3. The van der Waals surface area contributed by atoms with Gasteiger partial charge in [0, 0.05) is 6.54 Å². The monoisotopic (exact) mass is 200 g/mol. The lowest BCUT2D eigenvalue weighted by atomic mass is 10.2. The second-order valence-corrected chi connectivity index (χ2v) is 3.47. The minimum atomic E-state index is 0.195. The number of nitrogens with zero attached hydrogens (tertiary/aromatic N) is 1. The molecule has 0 aliphatic heterocycles. The van der Waals surface area contributed by atoms with Gasteiger partial charge in [0.05, 0.1) is 0 Å². The van der Waals surface area contributed by atoms with Crippen molar-refractivity contribution in [1.82, 2.24) is 5.32 Å². The first-order chi connectivity index (χ1) is 6.77. The fourth-order valence-electron chi connectivity index (χ4n) is 1.19. The number of aliphatic imine (C=N–C) groups is 1. The molecule has 0 saturated heterocycles. The summed E-state index contributed by atoms with van der Waals surface area (Å²) in [6.07, 6.45) is 6.08. The first-order valence-electron chi connectivity index (χ1n) is 5.53. The minimum Gasteiger partial charge on any atom is -0.370 e. The molecule has 0 unspecified atom stereocenters. The van der Waals surface area contributed by atoms with Gasteiger partial charge in [0.15, 0.2) is 5.96 Å². The van der Waals surface area contributed by atoms with Crippen LogP contribution in [-0.2, 0) is 0 Å². The molecule has 14 heavy (non-hydrogen) atoms. The van der Waals surface area contributed by atoms with Crippen LogP contribution in [0.1, 0.15) is 39.0 Å². The minimum absolute atomic E-state index is 0.195. The Morgan fingerprint density at radius 2 is 1.71 bits per heavy atom. The van der Waals surface area contributed by atoms with E-state index < -0.39 is 0 Å². The molecule has 4 heteroatoms. The zero-order valence-corrected chi connectivity index (χ0v) is 9.26. The molecule has 0 atom stereocenters. The highest BCUT2D eigenvalue weighted by atomic mass is 15.0. The van der Waals surface area contributed by atoms with Crippen LogP contribution in [-0.4, -0.2) is 25.6 Å². The van der Waals surface area contributed by atoms with Crippen molar-refractivity contribution in [3.63, 3.8) is 0 Å². The lowest BCUT2D eigenvalue weighted by Crippen LogP contribution is -2.23. The second-order valence-electron chi connectivity index (χ2n) is 3.47. The van der Waals surface area contributed by atoms with Gasteiger partial charge in [-0.2, -0.15) is 0 Å². The molecule has 0 heterocycles. The molecule has 0 bridgehead atoms. The maximum atomic E-state index is 5.20. The van der Waals surface area contributed by atoms with Crippen LogP contribution in [0, 0.1) is 0 Å². The standard InChI is InChI=1S/C10H24N4/c1-2-3-4-7-13-8-5-6-9-14-10(11)12/h13H,2-9H2,1H3,(H4,11,12,14). The SMILES string of the molecule is CCCCCNCCCCN=C(N)N. The number of guanidine groups is 1. The van der Waals surface area contributed by atoms with Crippen LogP contribution >= 0.6 is 0 Å². The molecular weight excluding hydrogens is 176 g/mol. The van der Waals surface area contributed by atoms with Gasteiger partial charge in [0.1, 0.15) is 0 Å². The molecule has 0 fully saturated rings. The normalized spacial score (nSPS) is 10.1. The predicted molar refractivity (Wildman–Crippen MR) is 62.3 cm³/mol. The van der Waals surface area contributed by atoms with Gasteiger partial charge in [0.2, 0.25) is 0 Å². The number of nitrogens with two attached hydrogens (primary N) is 2. The highest BCUT2D eigenvalue weighted by molar-refractivity contribution is 5.75. The van der Waals surface area contributed by atoms with E-state index in [1.165, 1.54) is 19.3 Å². The molecule has 0 radical (unpaired) electrons. The Morgan fingerprint density at radius 3 is 2.29 bits per heavy atom. The smallest absolute Gasteiger partial charge is 0.185 e. The fraction of sp³-hybridized carbons (Fsp3) is 0.900. The Labute approximate surface area is 87.1 Å². The summed E-state index contributed by atoms with van der Waals surface area (Å²) >= 11 is 0. The van der Waals surface area contributed by atoms with E-state index in [2.05, 4.69) is 17.2 Å². The van der Waals surface area contributed by atoms with Crippen LogP contribution in [0.2, 0.25) is 0 Å². The van der Waals surface area contributed by atoms with E-state index in [1.54, 1.807) is 0 Å². The third-order valence-corrected chi connectivity index (χ3v) is 2.01. The lowest BCUT2D eigenvalue weighted by Gasteiger charge is -2.02. The van der Waals surface area contributed by atoms with Crippen molar-refractivity contribution in [2.24, 2.45) is 16.5 Å². The van der Waals surface area contributed by atoms with E-state index in [0.717, 1.165) is 32.5 Å². The molecule has 0 aromatic carbocycles. The molecule has 0 saturated carbocycles. The van der Waals surface area contributed by atoms with Crippen LogP contribution in [0.4, 0.5) is 0 Å². The summed E-state index contributed by atoms with van der Waals surface area (Å²) in [6.45, 7) is 5.17. The van der Waals surface area contributed by atoms with Gasteiger partial charge in [0.25, 0.3) is 0 Å². The molecular formula is C10H24N4. The Kier molecular flexibility index (Phi) is 9.74. The highest BCUT2D eigenvalue weighted by Crippen LogP contribution is 1.92. The van der Waals surface area contributed by atoms with Crippen molar-refractivity contribution in [2.45, 2.75) is 39.0 Å². The Bertz CT molecular complexity index is 141. The van der Waals surface area contributed by atoms with Gasteiger partial charge < -0.3 is 16.8 Å². The van der Waals surface area contributed by atoms with Gasteiger partial charge in [-0.25, -0.2) is 0 Å². The third-order valence-electron chi connectivity index (χ3n) is 2.01. The molecule has 0 aliphatic rings. The van der Waals surface area contributed by atoms with Crippen molar-refractivity contribution < 1.29 is 0 Å². The van der Waals surface area contributed by atoms with Crippen LogP contribution in [0.3, 0.4) is 0 Å². The van der Waals surface area contributed by atoms with Crippen molar-refractivity contribution >= 4 is 5.96 Å². The summed E-state index contributed by atoms with van der Waals surface area (Å²) in [6, 6.07) is 0. The van der Waals surface area contributed by atoms with Gasteiger partial charge >= 0.3 is 0 Å². The number of rotatable bonds is 9. The number of hydrogen-bond acceptors (Lipinski definition) is 2. The van der Waals surface area contributed by atoms with Gasteiger partial charge in [-0.3, -0.25) is 4.99 Å². The van der Waals surface area contributed by atoms with Crippen molar-refractivity contribution in [2.75, 3.05) is 19.6 Å². The first kappa shape index (κ1) is 13.2. The topological polar surface area (TPSA) is 76.4 Å². The predicted octanol–water partition coefficient (Wildman–Crippen LogP) is 0.820. The summed E-state index contributed by atoms with van der Waals surface area (Å²) in [5, 5.41) is 3.40. The van der Waals surface area contributed by atoms with Gasteiger partial charge in [-0.15, -0.1) is 0 Å². The molecule has 84 valence electrons. The highest BCUT2D eigenvalue weighted by Gasteiger charge is 1.89. The van der Waals surface area contributed by atoms with Gasteiger partial charge in [-0.1, -0.05) is 19.8 Å². The average molecular weight is 200 g/mol. The zero-order chi connectivity index (χ0) is 10.6. The van der Waals surface area contributed by atoms with E-state index in [9.17, 15) is 0 Å². The summed E-state index contributed by atoms with van der Waals surface area (Å²) in [5.41, 5.74) is 10.4. The lowest BCUT2D eigenvalue weighted by molar-refractivity contribution is 0.588. The van der Waals surface area contributed by atoms with Crippen molar-refractivity contribution in [1.29, 1.82) is 0 Å². The van der Waals surface area contributed by atoms with Crippen LogP contribution in [0.25, 0.3) is 0 Å². The molecule has 0 spiro atoms. The largest absolute Gasteiger partial charge is 0.370 e. The summed E-state index contributed by atoms with van der Waals surface area (Å²) < 4.78 is 0. The second kappa shape index (κ2) is 10.3. The fourth-order valence-corrected chi connectivity index (χ4v) is 1.19. The molecule has 0 amide bonds. The molecule has 0 rings (SSSR count). The first-order valence-corrected chi connectivity index (χ1v) is 5.53. The van der Waals surface area contributed by atoms with E-state index >= 15 is 0 Å². The van der Waals surface area contributed by atoms with Crippen LogP contribution in [0.15, 0.2) is 4.99 Å². The maximum Gasteiger partial charge on any atom is 0.185 e. The Hall–Kier alpha value is -0.770. The van der Waals surface area contributed by atoms with Gasteiger partial charge in [-0.05, 0) is 32.4 Å². The summed E-state index contributed by atoms with van der Waals surface area (Å²) in [5.74, 6) is 0.195. The quantitative estimate of drug-likeness (QED) is 0.293. The summed E-state index contributed by atoms with van der Waals surface area (Å²) in [4.78, 5) is 3.92. The molecule has 0 aliphatic carbocycles. The van der Waals surface area contributed by atoms with E-state index in [1.807, 2.05) is 0 Å². The average Bonchev–Trinajstić information content (AvgIpc) is 2.15. The van der Waals surface area contributed by atoms with Crippen molar-refractivity contribution in [3.05, 3.63) is 0 Å². The number of nitrogens with one attached hydrogen (secondary N) is 1. The third kappa shape index (κ3) is 11.2.